The third-order valence-electron chi connectivity index (χ3n) is 11.9. The van der Waals surface area contributed by atoms with Crippen LogP contribution >= 0.6 is 0 Å². The van der Waals surface area contributed by atoms with Crippen molar-refractivity contribution < 1.29 is 19.2 Å². The summed E-state index contributed by atoms with van der Waals surface area (Å²) >= 11 is 0. The van der Waals surface area contributed by atoms with E-state index < -0.39 is 16.2 Å². The quantitative estimate of drug-likeness (QED) is 0.225. The average molecular weight is 571 g/mol. The minimum atomic E-state index is -0.669. The molecule has 0 heterocycles. The fourth-order valence-corrected chi connectivity index (χ4v) is 8.56. The van der Waals surface area contributed by atoms with Crippen LogP contribution in [0.2, 0.25) is 0 Å². The maximum absolute atomic E-state index is 13.4. The van der Waals surface area contributed by atoms with Gasteiger partial charge in [0.25, 0.3) is 0 Å². The van der Waals surface area contributed by atoms with Gasteiger partial charge >= 0.3 is 0 Å². The summed E-state index contributed by atoms with van der Waals surface area (Å²) in [6.45, 7) is 23.5. The molecule has 0 unspecified atom stereocenters. The Hall–Kier alpha value is -2.00. The lowest BCUT2D eigenvalue weighted by Gasteiger charge is -2.64. The van der Waals surface area contributed by atoms with Crippen LogP contribution in [0.3, 0.4) is 0 Å². The molecule has 0 aromatic carbocycles. The Kier molecular flexibility index (Phi) is 10.6. The number of fused-ring (bicyclic) bond motifs is 1. The predicted molar refractivity (Wildman–Crippen MR) is 164 cm³/mol. The van der Waals surface area contributed by atoms with Gasteiger partial charge in [-0.3, -0.25) is 14.4 Å². The van der Waals surface area contributed by atoms with Gasteiger partial charge < -0.3 is 4.79 Å². The number of ketones is 2. The molecule has 2 rings (SSSR count). The Morgan fingerprint density at radius 2 is 1.63 bits per heavy atom. The van der Waals surface area contributed by atoms with Crippen LogP contribution in [-0.2, 0) is 19.2 Å². The first-order chi connectivity index (χ1) is 18.7. The van der Waals surface area contributed by atoms with Crippen molar-refractivity contribution in [2.45, 2.75) is 134 Å². The molecule has 41 heavy (non-hydrogen) atoms. The van der Waals surface area contributed by atoms with Crippen LogP contribution in [0.5, 0.6) is 0 Å². The maximum atomic E-state index is 13.4. The second-order valence-corrected chi connectivity index (χ2v) is 16.0. The molecule has 6 nitrogen and oxygen atoms in total. The Morgan fingerprint density at radius 3 is 2.15 bits per heavy atom. The molecule has 6 heteroatoms. The van der Waals surface area contributed by atoms with E-state index >= 15 is 0 Å². The van der Waals surface area contributed by atoms with E-state index in [-0.39, 0.29) is 51.1 Å². The molecule has 0 saturated heterocycles. The summed E-state index contributed by atoms with van der Waals surface area (Å²) in [4.78, 5) is 44.5. The molecule has 0 spiro atoms. The molecule has 2 aliphatic carbocycles. The van der Waals surface area contributed by atoms with Gasteiger partial charge in [0.1, 0.15) is 11.9 Å². The van der Waals surface area contributed by atoms with Crippen molar-refractivity contribution in [1.82, 2.24) is 5.48 Å². The third-order valence-corrected chi connectivity index (χ3v) is 11.9. The van der Waals surface area contributed by atoms with Gasteiger partial charge in [0, 0.05) is 17.3 Å². The van der Waals surface area contributed by atoms with E-state index in [0.717, 1.165) is 44.9 Å². The molecule has 1 saturated carbocycles. The Bertz CT molecular complexity index is 1080. The molecular formula is C35H58N2O4. The summed E-state index contributed by atoms with van der Waals surface area (Å²) in [6.07, 6.45) is 9.49. The number of hydrogen-bond acceptors (Lipinski definition) is 5. The Balaban J connectivity index is 2.52. The molecule has 0 aromatic heterocycles. The van der Waals surface area contributed by atoms with Crippen molar-refractivity contribution in [2.24, 2.45) is 44.3 Å². The molecule has 2 aliphatic rings. The first-order valence-corrected chi connectivity index (χ1v) is 15.7. The molecule has 5 atom stereocenters. The second-order valence-electron chi connectivity index (χ2n) is 16.0. The van der Waals surface area contributed by atoms with Crippen molar-refractivity contribution in [3.63, 3.8) is 0 Å². The van der Waals surface area contributed by atoms with E-state index in [2.05, 4.69) is 66.9 Å². The number of nitrogens with zero attached hydrogens (tertiary/aromatic N) is 1. The number of carbonyl (C=O) groups is 3. The number of hydroxylamine groups is 1. The van der Waals surface area contributed by atoms with Gasteiger partial charge in [-0.15, -0.1) is 0 Å². The number of Topliss-reactive ketones (excluding diaryl/α,β-unsaturated/α-hetero) is 2. The zero-order valence-corrected chi connectivity index (χ0v) is 28.2. The van der Waals surface area contributed by atoms with Crippen LogP contribution in [-0.4, -0.2) is 24.6 Å². The molecule has 232 valence electrons. The monoisotopic (exact) mass is 570 g/mol. The third kappa shape index (κ3) is 6.82. The fourth-order valence-electron chi connectivity index (χ4n) is 8.56. The molecule has 0 radical (unpaired) electrons. The maximum Gasteiger partial charge on any atom is 0.249 e. The Morgan fingerprint density at radius 1 is 1.05 bits per heavy atom. The summed E-state index contributed by atoms with van der Waals surface area (Å²) < 4.78 is 0. The van der Waals surface area contributed by atoms with Gasteiger partial charge in [-0.2, -0.15) is 5.26 Å². The highest BCUT2D eigenvalue weighted by molar-refractivity contribution is 6.04. The standard InChI is InChI=1S/C35H58N2O4/c1-13-15-30(3,4)17-19-33(9,29(40)37-41-12)20-18-31(5,6)35(11)16-14-26-32(7,8)28(39)25(23-36)22-34(26,10)27(35)21-24(2)38/h22,26-27H,13-21H2,1-12H3,(H,37,40)/t26-,27+,33-,34-,35+/m0/s1. The first-order valence-electron chi connectivity index (χ1n) is 15.7. The van der Waals surface area contributed by atoms with E-state index in [4.69, 9.17) is 4.84 Å². The van der Waals surface area contributed by atoms with Crippen molar-refractivity contribution in [3.8, 4) is 6.07 Å². The van der Waals surface area contributed by atoms with Crippen LogP contribution in [0.15, 0.2) is 11.6 Å². The van der Waals surface area contributed by atoms with Crippen molar-refractivity contribution >= 4 is 17.5 Å². The lowest BCUT2D eigenvalue weighted by molar-refractivity contribution is -0.157. The van der Waals surface area contributed by atoms with Gasteiger partial charge in [0.2, 0.25) is 5.91 Å². The summed E-state index contributed by atoms with van der Waals surface area (Å²) in [5.74, 6) is -0.0370. The van der Waals surface area contributed by atoms with E-state index in [1.165, 1.54) is 7.11 Å². The largest absolute Gasteiger partial charge is 0.300 e. The molecule has 0 aliphatic heterocycles. The minimum Gasteiger partial charge on any atom is -0.300 e. The van der Waals surface area contributed by atoms with Gasteiger partial charge in [-0.05, 0) is 85.4 Å². The number of hydrogen-bond donors (Lipinski definition) is 1. The smallest absolute Gasteiger partial charge is 0.249 e. The van der Waals surface area contributed by atoms with E-state index in [1.54, 1.807) is 6.92 Å². The zero-order chi connectivity index (χ0) is 31.7. The van der Waals surface area contributed by atoms with Crippen LogP contribution in [0, 0.1) is 55.7 Å². The number of nitriles is 1. The van der Waals surface area contributed by atoms with Gasteiger partial charge in [-0.1, -0.05) is 81.7 Å². The van der Waals surface area contributed by atoms with E-state index in [1.807, 2.05) is 19.9 Å². The topological polar surface area (TPSA) is 96.3 Å². The lowest BCUT2D eigenvalue weighted by Crippen LogP contribution is -2.60. The van der Waals surface area contributed by atoms with Crippen LogP contribution in [0.25, 0.3) is 0 Å². The van der Waals surface area contributed by atoms with Crippen molar-refractivity contribution in [3.05, 3.63) is 11.6 Å². The summed E-state index contributed by atoms with van der Waals surface area (Å²) in [7, 11) is 1.48. The average Bonchev–Trinajstić information content (AvgIpc) is 2.86. The van der Waals surface area contributed by atoms with Gasteiger partial charge in [0.05, 0.1) is 12.7 Å². The number of nitrogens with one attached hydrogen (secondary N) is 1. The SMILES string of the molecule is CCCC(C)(C)CC[C@@](C)(CCC(C)(C)[C@]1(C)CC[C@H]2C(C)(C)C(=O)C(C#N)=C[C@]2(C)[C@H]1CC(C)=O)C(=O)NOC. The first kappa shape index (κ1) is 35.2. The van der Waals surface area contributed by atoms with Crippen molar-refractivity contribution in [2.75, 3.05) is 7.11 Å². The molecule has 1 N–H and O–H groups in total. The number of allylic oxidation sites excluding steroid dienone is 2. The highest BCUT2D eigenvalue weighted by atomic mass is 16.6. The van der Waals surface area contributed by atoms with Crippen LogP contribution < -0.4 is 5.48 Å². The highest BCUT2D eigenvalue weighted by Gasteiger charge is 2.63. The number of rotatable bonds is 13. The van der Waals surface area contributed by atoms with E-state index in [0.29, 0.717) is 12.8 Å². The fraction of sp³-hybridized carbons (Fsp3) is 0.829. The Labute approximate surface area is 250 Å². The number of carbonyl (C=O) groups excluding carboxylic acids is 3. The van der Waals surface area contributed by atoms with Crippen molar-refractivity contribution in [1.29, 1.82) is 5.26 Å². The van der Waals surface area contributed by atoms with E-state index in [9.17, 15) is 19.6 Å². The minimum absolute atomic E-state index is 0.0421. The van der Waals surface area contributed by atoms with Gasteiger partial charge in [0.15, 0.2) is 5.78 Å². The summed E-state index contributed by atoms with van der Waals surface area (Å²) in [5, 5.41) is 9.91. The lowest BCUT2D eigenvalue weighted by atomic mass is 9.39. The predicted octanol–water partition coefficient (Wildman–Crippen LogP) is 8.16. The van der Waals surface area contributed by atoms with Crippen LogP contribution in [0.4, 0.5) is 0 Å². The molecule has 0 bridgehead atoms. The highest BCUT2D eigenvalue weighted by Crippen LogP contribution is 2.68. The zero-order valence-electron chi connectivity index (χ0n) is 28.2. The normalized spacial score (nSPS) is 29.5. The van der Waals surface area contributed by atoms with Crippen LogP contribution in [0.1, 0.15) is 134 Å². The molecule has 1 fully saturated rings. The number of amides is 1. The molecule has 0 aromatic rings. The summed E-state index contributed by atoms with van der Waals surface area (Å²) in [5.41, 5.74) is 0.792. The molecule has 1 amide bonds. The second kappa shape index (κ2) is 12.3. The summed E-state index contributed by atoms with van der Waals surface area (Å²) in [6, 6.07) is 2.18. The van der Waals surface area contributed by atoms with Gasteiger partial charge in [-0.25, -0.2) is 5.48 Å². The molecular weight excluding hydrogens is 512 g/mol.